The van der Waals surface area contributed by atoms with Gasteiger partial charge in [-0.15, -0.1) is 21.5 Å². The summed E-state index contributed by atoms with van der Waals surface area (Å²) in [5.41, 5.74) is 1.94. The molecule has 0 aliphatic heterocycles. The SMILES string of the molecule is Clc1ccsc1-c1ccccc1-c1nn[nH]n1. The van der Waals surface area contributed by atoms with E-state index in [0.29, 0.717) is 5.82 Å². The summed E-state index contributed by atoms with van der Waals surface area (Å²) in [5.74, 6) is 0.574. The van der Waals surface area contributed by atoms with Crippen molar-refractivity contribution in [3.05, 3.63) is 40.7 Å². The van der Waals surface area contributed by atoms with Crippen LogP contribution in [0.15, 0.2) is 35.7 Å². The summed E-state index contributed by atoms with van der Waals surface area (Å²) < 4.78 is 0. The van der Waals surface area contributed by atoms with Crippen molar-refractivity contribution in [3.63, 3.8) is 0 Å². The molecule has 0 radical (unpaired) electrons. The van der Waals surface area contributed by atoms with E-state index in [2.05, 4.69) is 20.6 Å². The molecule has 0 fully saturated rings. The Kier molecular flexibility index (Phi) is 2.62. The molecule has 6 heteroatoms. The van der Waals surface area contributed by atoms with E-state index in [1.165, 1.54) is 0 Å². The number of aromatic nitrogens is 4. The highest BCUT2D eigenvalue weighted by molar-refractivity contribution is 7.14. The first kappa shape index (κ1) is 10.4. The summed E-state index contributed by atoms with van der Waals surface area (Å²) in [5, 5.41) is 16.7. The van der Waals surface area contributed by atoms with Crippen LogP contribution in [-0.4, -0.2) is 20.6 Å². The number of hydrogen-bond acceptors (Lipinski definition) is 4. The van der Waals surface area contributed by atoms with Gasteiger partial charge in [0.15, 0.2) is 0 Å². The third-order valence-electron chi connectivity index (χ3n) is 2.38. The highest BCUT2D eigenvalue weighted by Crippen LogP contribution is 2.37. The van der Waals surface area contributed by atoms with Crippen LogP contribution < -0.4 is 0 Å². The lowest BCUT2D eigenvalue weighted by Crippen LogP contribution is -1.85. The Morgan fingerprint density at radius 3 is 2.59 bits per heavy atom. The third kappa shape index (κ3) is 1.83. The lowest BCUT2D eigenvalue weighted by molar-refractivity contribution is 0.881. The van der Waals surface area contributed by atoms with Gasteiger partial charge < -0.3 is 0 Å². The Bertz CT molecular complexity index is 632. The maximum atomic E-state index is 6.15. The van der Waals surface area contributed by atoms with Crippen LogP contribution in [-0.2, 0) is 0 Å². The van der Waals surface area contributed by atoms with Gasteiger partial charge in [-0.1, -0.05) is 35.9 Å². The van der Waals surface area contributed by atoms with E-state index in [4.69, 9.17) is 11.6 Å². The molecule has 0 aliphatic carbocycles. The van der Waals surface area contributed by atoms with Crippen molar-refractivity contribution < 1.29 is 0 Å². The third-order valence-corrected chi connectivity index (χ3v) is 3.75. The maximum absolute atomic E-state index is 6.15. The van der Waals surface area contributed by atoms with Crippen molar-refractivity contribution in [2.75, 3.05) is 0 Å². The number of aromatic amines is 1. The lowest BCUT2D eigenvalue weighted by atomic mass is 10.1. The van der Waals surface area contributed by atoms with Crippen LogP contribution in [0.25, 0.3) is 21.8 Å². The van der Waals surface area contributed by atoms with E-state index >= 15 is 0 Å². The van der Waals surface area contributed by atoms with E-state index < -0.39 is 0 Å². The molecule has 0 aliphatic rings. The predicted octanol–water partition coefficient (Wildman–Crippen LogP) is 3.25. The van der Waals surface area contributed by atoms with Gasteiger partial charge in [0.2, 0.25) is 5.82 Å². The van der Waals surface area contributed by atoms with Crippen molar-refractivity contribution in [2.45, 2.75) is 0 Å². The quantitative estimate of drug-likeness (QED) is 0.771. The molecular formula is C11H7ClN4S. The number of hydrogen-bond donors (Lipinski definition) is 1. The molecule has 0 saturated carbocycles. The van der Waals surface area contributed by atoms with Crippen molar-refractivity contribution in [3.8, 4) is 21.8 Å². The Labute approximate surface area is 106 Å². The van der Waals surface area contributed by atoms with Crippen LogP contribution in [0.5, 0.6) is 0 Å². The molecule has 84 valence electrons. The van der Waals surface area contributed by atoms with Gasteiger partial charge in [0.1, 0.15) is 0 Å². The Morgan fingerprint density at radius 1 is 1.12 bits per heavy atom. The molecular weight excluding hydrogens is 256 g/mol. The van der Waals surface area contributed by atoms with Crippen LogP contribution >= 0.6 is 22.9 Å². The van der Waals surface area contributed by atoms with E-state index in [0.717, 1.165) is 21.0 Å². The summed E-state index contributed by atoms with van der Waals surface area (Å²) in [4.78, 5) is 1.02. The first-order valence-electron chi connectivity index (χ1n) is 4.92. The fourth-order valence-electron chi connectivity index (χ4n) is 1.64. The Morgan fingerprint density at radius 2 is 1.94 bits per heavy atom. The normalized spacial score (nSPS) is 10.6. The molecule has 4 nitrogen and oxygen atoms in total. The van der Waals surface area contributed by atoms with Crippen molar-refractivity contribution in [2.24, 2.45) is 0 Å². The number of thiophene rings is 1. The largest absolute Gasteiger partial charge is 0.205 e. The topological polar surface area (TPSA) is 54.5 Å². The standard InChI is InChI=1S/C11H7ClN4S/c12-9-5-6-17-10(9)7-3-1-2-4-8(7)11-13-15-16-14-11/h1-6H,(H,13,14,15,16). The van der Waals surface area contributed by atoms with Gasteiger partial charge >= 0.3 is 0 Å². The zero-order valence-corrected chi connectivity index (χ0v) is 10.2. The minimum absolute atomic E-state index is 0.574. The molecule has 2 heterocycles. The van der Waals surface area contributed by atoms with Gasteiger partial charge in [0.05, 0.1) is 9.90 Å². The number of nitrogens with zero attached hydrogens (tertiary/aromatic N) is 3. The van der Waals surface area contributed by atoms with Crippen LogP contribution in [0.2, 0.25) is 5.02 Å². The molecule has 0 unspecified atom stereocenters. The molecule has 1 aromatic carbocycles. The second-order valence-electron chi connectivity index (χ2n) is 3.38. The van der Waals surface area contributed by atoms with Crippen LogP contribution in [0.4, 0.5) is 0 Å². The predicted molar refractivity (Wildman–Crippen MR) is 67.9 cm³/mol. The molecule has 0 amide bonds. The van der Waals surface area contributed by atoms with Gasteiger partial charge in [-0.3, -0.25) is 0 Å². The molecule has 3 rings (SSSR count). The fourth-order valence-corrected chi connectivity index (χ4v) is 2.84. The minimum Gasteiger partial charge on any atom is -0.177 e. The average Bonchev–Trinajstić information content (AvgIpc) is 3.00. The second-order valence-corrected chi connectivity index (χ2v) is 4.70. The fraction of sp³-hybridized carbons (Fsp3) is 0. The van der Waals surface area contributed by atoms with E-state index in [-0.39, 0.29) is 0 Å². The Balaban J connectivity index is 2.22. The minimum atomic E-state index is 0.574. The maximum Gasteiger partial charge on any atom is 0.205 e. The van der Waals surface area contributed by atoms with E-state index in [1.54, 1.807) is 11.3 Å². The smallest absolute Gasteiger partial charge is 0.177 e. The number of H-pyrrole nitrogens is 1. The van der Waals surface area contributed by atoms with E-state index in [1.807, 2.05) is 35.7 Å². The summed E-state index contributed by atoms with van der Waals surface area (Å²) in [6.07, 6.45) is 0. The second kappa shape index (κ2) is 4.27. The zero-order chi connectivity index (χ0) is 11.7. The molecule has 0 spiro atoms. The van der Waals surface area contributed by atoms with Gasteiger partial charge in [0, 0.05) is 11.1 Å². The van der Waals surface area contributed by atoms with Crippen LogP contribution in [0, 0.1) is 0 Å². The summed E-state index contributed by atoms with van der Waals surface area (Å²) in [6.45, 7) is 0. The van der Waals surface area contributed by atoms with Crippen molar-refractivity contribution in [1.29, 1.82) is 0 Å². The zero-order valence-electron chi connectivity index (χ0n) is 8.59. The van der Waals surface area contributed by atoms with Gasteiger partial charge in [-0.05, 0) is 16.7 Å². The number of rotatable bonds is 2. The first-order chi connectivity index (χ1) is 8.36. The highest BCUT2D eigenvalue weighted by Gasteiger charge is 2.13. The monoisotopic (exact) mass is 262 g/mol. The van der Waals surface area contributed by atoms with Crippen LogP contribution in [0.1, 0.15) is 0 Å². The molecule has 3 aromatic rings. The van der Waals surface area contributed by atoms with Crippen LogP contribution in [0.3, 0.4) is 0 Å². The Hall–Kier alpha value is -1.72. The summed E-state index contributed by atoms with van der Waals surface area (Å²) >= 11 is 7.75. The average molecular weight is 263 g/mol. The number of benzene rings is 1. The number of nitrogens with one attached hydrogen (secondary N) is 1. The number of tetrazole rings is 1. The molecule has 1 N–H and O–H groups in total. The van der Waals surface area contributed by atoms with Crippen molar-refractivity contribution in [1.82, 2.24) is 20.6 Å². The molecule has 0 atom stereocenters. The van der Waals surface area contributed by atoms with Crippen molar-refractivity contribution >= 4 is 22.9 Å². The van der Waals surface area contributed by atoms with Gasteiger partial charge in [0.25, 0.3) is 0 Å². The molecule has 0 saturated heterocycles. The highest BCUT2D eigenvalue weighted by atomic mass is 35.5. The summed E-state index contributed by atoms with van der Waals surface area (Å²) in [6, 6.07) is 9.75. The van der Waals surface area contributed by atoms with Gasteiger partial charge in [-0.25, -0.2) is 0 Å². The van der Waals surface area contributed by atoms with E-state index in [9.17, 15) is 0 Å². The number of halogens is 1. The lowest BCUT2D eigenvalue weighted by Gasteiger charge is -2.04. The molecule has 2 aromatic heterocycles. The summed E-state index contributed by atoms with van der Waals surface area (Å²) in [7, 11) is 0. The molecule has 17 heavy (non-hydrogen) atoms. The van der Waals surface area contributed by atoms with Gasteiger partial charge in [-0.2, -0.15) is 5.21 Å². The first-order valence-corrected chi connectivity index (χ1v) is 6.18. The molecule has 0 bridgehead atoms.